The van der Waals surface area contributed by atoms with Gasteiger partial charge in [0.05, 0.1) is 6.10 Å². The van der Waals surface area contributed by atoms with E-state index in [9.17, 15) is 5.11 Å². The molecule has 0 aromatic carbocycles. The number of nitrogens with two attached hydrogens (primary N) is 1. The zero-order valence-corrected chi connectivity index (χ0v) is 6.09. The van der Waals surface area contributed by atoms with Crippen LogP contribution in [0.15, 0.2) is 0 Å². The maximum Gasteiger partial charge on any atom is 0.0623 e. The molecular formula is C7H15NO. The maximum absolute atomic E-state index is 9.26. The van der Waals surface area contributed by atoms with Gasteiger partial charge < -0.3 is 10.8 Å². The van der Waals surface area contributed by atoms with Crippen molar-refractivity contribution in [1.29, 1.82) is 0 Å². The highest BCUT2D eigenvalue weighted by Gasteiger charge is 2.47. The minimum Gasteiger partial charge on any atom is -0.392 e. The van der Waals surface area contributed by atoms with E-state index < -0.39 is 0 Å². The summed E-state index contributed by atoms with van der Waals surface area (Å²) < 4.78 is 0. The Morgan fingerprint density at radius 2 is 2.33 bits per heavy atom. The highest BCUT2D eigenvalue weighted by Crippen LogP contribution is 2.42. The number of aliphatic hydroxyl groups is 1. The molecule has 3 atom stereocenters. The predicted molar refractivity (Wildman–Crippen MR) is 37.0 cm³/mol. The standard InChI is InChI=1S/C7H15NO/c1-3-7(2)5(8)4-6(7)9/h5-6,9H,3-4,8H2,1-2H3. The first-order valence-electron chi connectivity index (χ1n) is 3.55. The van der Waals surface area contributed by atoms with E-state index in [2.05, 4.69) is 6.92 Å². The van der Waals surface area contributed by atoms with Crippen LogP contribution in [0, 0.1) is 5.41 Å². The van der Waals surface area contributed by atoms with Crippen LogP contribution in [-0.2, 0) is 0 Å². The van der Waals surface area contributed by atoms with Gasteiger partial charge >= 0.3 is 0 Å². The lowest BCUT2D eigenvalue weighted by Gasteiger charge is -2.49. The number of hydrogen-bond acceptors (Lipinski definition) is 2. The van der Waals surface area contributed by atoms with Crippen LogP contribution in [0.3, 0.4) is 0 Å². The van der Waals surface area contributed by atoms with E-state index >= 15 is 0 Å². The van der Waals surface area contributed by atoms with Crippen molar-refractivity contribution in [2.45, 2.75) is 38.8 Å². The first kappa shape index (κ1) is 7.03. The van der Waals surface area contributed by atoms with Crippen LogP contribution in [0.2, 0.25) is 0 Å². The van der Waals surface area contributed by atoms with Gasteiger partial charge in [-0.2, -0.15) is 0 Å². The Bertz CT molecular complexity index is 105. The topological polar surface area (TPSA) is 46.2 Å². The molecule has 0 spiro atoms. The quantitative estimate of drug-likeness (QED) is 0.541. The summed E-state index contributed by atoms with van der Waals surface area (Å²) in [7, 11) is 0. The lowest BCUT2D eigenvalue weighted by molar-refractivity contribution is -0.0737. The second-order valence-corrected chi connectivity index (χ2v) is 3.22. The van der Waals surface area contributed by atoms with Gasteiger partial charge in [0.1, 0.15) is 0 Å². The van der Waals surface area contributed by atoms with Crippen molar-refractivity contribution in [1.82, 2.24) is 0 Å². The average Bonchev–Trinajstić information content (AvgIpc) is 1.87. The van der Waals surface area contributed by atoms with Gasteiger partial charge in [0, 0.05) is 11.5 Å². The summed E-state index contributed by atoms with van der Waals surface area (Å²) in [4.78, 5) is 0. The van der Waals surface area contributed by atoms with Crippen molar-refractivity contribution in [3.8, 4) is 0 Å². The van der Waals surface area contributed by atoms with E-state index in [1.54, 1.807) is 0 Å². The molecule has 0 bridgehead atoms. The summed E-state index contributed by atoms with van der Waals surface area (Å²) in [6, 6.07) is 0.220. The average molecular weight is 129 g/mol. The largest absolute Gasteiger partial charge is 0.392 e. The van der Waals surface area contributed by atoms with Crippen molar-refractivity contribution in [2.75, 3.05) is 0 Å². The Morgan fingerprint density at radius 1 is 1.78 bits per heavy atom. The summed E-state index contributed by atoms with van der Waals surface area (Å²) in [6.45, 7) is 4.12. The molecule has 0 heterocycles. The highest BCUT2D eigenvalue weighted by atomic mass is 16.3. The summed E-state index contributed by atoms with van der Waals surface area (Å²) in [5.74, 6) is 0. The SMILES string of the molecule is CCC1(C)C(N)CC1O. The van der Waals surface area contributed by atoms with Crippen LogP contribution >= 0.6 is 0 Å². The molecule has 1 aliphatic carbocycles. The molecule has 1 aliphatic rings. The highest BCUT2D eigenvalue weighted by molar-refractivity contribution is 5.01. The molecule has 1 saturated carbocycles. The van der Waals surface area contributed by atoms with Crippen LogP contribution in [0.1, 0.15) is 26.7 Å². The Balaban J connectivity index is 2.55. The van der Waals surface area contributed by atoms with Gasteiger partial charge in [-0.05, 0) is 12.8 Å². The third-order valence-electron chi connectivity index (χ3n) is 2.85. The van der Waals surface area contributed by atoms with Crippen LogP contribution in [0.5, 0.6) is 0 Å². The molecule has 9 heavy (non-hydrogen) atoms. The van der Waals surface area contributed by atoms with E-state index in [0.717, 1.165) is 12.8 Å². The Morgan fingerprint density at radius 3 is 2.44 bits per heavy atom. The lowest BCUT2D eigenvalue weighted by atomic mass is 9.62. The van der Waals surface area contributed by atoms with Gasteiger partial charge in [-0.1, -0.05) is 13.8 Å². The maximum atomic E-state index is 9.26. The zero-order valence-electron chi connectivity index (χ0n) is 6.09. The number of rotatable bonds is 1. The molecule has 2 heteroatoms. The zero-order chi connectivity index (χ0) is 7.07. The molecule has 1 rings (SSSR count). The minimum absolute atomic E-state index is 0.0139. The normalized spacial score (nSPS) is 50.7. The van der Waals surface area contributed by atoms with Gasteiger partial charge in [-0.3, -0.25) is 0 Å². The summed E-state index contributed by atoms with van der Waals surface area (Å²) in [5.41, 5.74) is 5.71. The van der Waals surface area contributed by atoms with Crippen molar-refractivity contribution in [3.05, 3.63) is 0 Å². The molecule has 0 aromatic rings. The van der Waals surface area contributed by atoms with E-state index in [-0.39, 0.29) is 17.6 Å². The van der Waals surface area contributed by atoms with Crippen molar-refractivity contribution >= 4 is 0 Å². The van der Waals surface area contributed by atoms with Gasteiger partial charge in [0.15, 0.2) is 0 Å². The fraction of sp³-hybridized carbons (Fsp3) is 1.00. The smallest absolute Gasteiger partial charge is 0.0623 e. The molecule has 3 N–H and O–H groups in total. The fourth-order valence-electron chi connectivity index (χ4n) is 1.36. The van der Waals surface area contributed by atoms with Crippen LogP contribution < -0.4 is 5.73 Å². The Labute approximate surface area is 56.1 Å². The van der Waals surface area contributed by atoms with Gasteiger partial charge in [-0.25, -0.2) is 0 Å². The van der Waals surface area contributed by atoms with Crippen molar-refractivity contribution in [3.63, 3.8) is 0 Å². The Hall–Kier alpha value is -0.0800. The molecule has 2 nitrogen and oxygen atoms in total. The molecule has 3 unspecified atom stereocenters. The van der Waals surface area contributed by atoms with E-state index in [4.69, 9.17) is 5.73 Å². The van der Waals surface area contributed by atoms with E-state index in [0.29, 0.717) is 0 Å². The summed E-state index contributed by atoms with van der Waals surface area (Å²) in [6.07, 6.45) is 1.61. The minimum atomic E-state index is -0.155. The van der Waals surface area contributed by atoms with E-state index in [1.807, 2.05) is 6.92 Å². The monoisotopic (exact) mass is 129 g/mol. The van der Waals surface area contributed by atoms with Crippen LogP contribution in [0.4, 0.5) is 0 Å². The Kier molecular flexibility index (Phi) is 1.53. The second kappa shape index (κ2) is 1.96. The molecule has 0 amide bonds. The van der Waals surface area contributed by atoms with Crippen molar-refractivity contribution in [2.24, 2.45) is 11.1 Å². The summed E-state index contributed by atoms with van der Waals surface area (Å²) in [5, 5.41) is 9.26. The van der Waals surface area contributed by atoms with Crippen LogP contribution in [0.25, 0.3) is 0 Å². The van der Waals surface area contributed by atoms with Gasteiger partial charge in [0.2, 0.25) is 0 Å². The fourth-order valence-corrected chi connectivity index (χ4v) is 1.36. The molecule has 0 aliphatic heterocycles. The molecular weight excluding hydrogens is 114 g/mol. The molecule has 0 aromatic heterocycles. The number of aliphatic hydroxyl groups excluding tert-OH is 1. The number of hydrogen-bond donors (Lipinski definition) is 2. The van der Waals surface area contributed by atoms with E-state index in [1.165, 1.54) is 0 Å². The first-order chi connectivity index (χ1) is 4.11. The third-order valence-corrected chi connectivity index (χ3v) is 2.85. The lowest BCUT2D eigenvalue weighted by Crippen LogP contribution is -2.59. The van der Waals surface area contributed by atoms with Crippen molar-refractivity contribution < 1.29 is 5.11 Å². The molecule has 0 radical (unpaired) electrons. The predicted octanol–water partition coefficient (Wildman–Crippen LogP) is 0.495. The third kappa shape index (κ3) is 0.775. The summed E-state index contributed by atoms with van der Waals surface area (Å²) >= 11 is 0. The molecule has 1 fully saturated rings. The molecule has 0 saturated heterocycles. The van der Waals surface area contributed by atoms with Crippen LogP contribution in [-0.4, -0.2) is 17.3 Å². The second-order valence-electron chi connectivity index (χ2n) is 3.22. The van der Waals surface area contributed by atoms with Gasteiger partial charge in [-0.15, -0.1) is 0 Å². The molecule has 54 valence electrons. The van der Waals surface area contributed by atoms with Gasteiger partial charge in [0.25, 0.3) is 0 Å². The first-order valence-corrected chi connectivity index (χ1v) is 3.55.